The molecule has 2 N–H and O–H groups in total. The number of rotatable bonds is 5. The van der Waals surface area contributed by atoms with Gasteiger partial charge in [-0.05, 0) is 18.1 Å². The first kappa shape index (κ1) is 16.2. The first-order valence-electron chi connectivity index (χ1n) is 8.45. The molecule has 9 nitrogen and oxygen atoms in total. The summed E-state index contributed by atoms with van der Waals surface area (Å²) in [7, 11) is 0. The summed E-state index contributed by atoms with van der Waals surface area (Å²) >= 11 is 0. The molecule has 26 heavy (non-hydrogen) atoms. The highest BCUT2D eigenvalue weighted by Gasteiger charge is 2.26. The van der Waals surface area contributed by atoms with Crippen LogP contribution in [0.5, 0.6) is 0 Å². The second kappa shape index (κ2) is 6.95. The van der Waals surface area contributed by atoms with Crippen molar-refractivity contribution in [3.63, 3.8) is 0 Å². The van der Waals surface area contributed by atoms with Gasteiger partial charge in [-0.3, -0.25) is 14.8 Å². The summed E-state index contributed by atoms with van der Waals surface area (Å²) in [5.41, 5.74) is 1.53. The highest BCUT2D eigenvalue weighted by Crippen LogP contribution is 2.21. The normalized spacial score (nSPS) is 13.6. The van der Waals surface area contributed by atoms with Crippen molar-refractivity contribution in [1.82, 2.24) is 30.0 Å². The Morgan fingerprint density at radius 2 is 2.27 bits per heavy atom. The maximum absolute atomic E-state index is 12.4. The van der Waals surface area contributed by atoms with Gasteiger partial charge in [-0.15, -0.1) is 0 Å². The number of carbonyl (C=O) groups excluding carboxylic acids is 1. The largest absolute Gasteiger partial charge is 0.445 e. The van der Waals surface area contributed by atoms with Crippen LogP contribution in [0.25, 0.3) is 0 Å². The van der Waals surface area contributed by atoms with E-state index >= 15 is 0 Å². The predicted octanol–water partition coefficient (Wildman–Crippen LogP) is 0.394. The fourth-order valence-electron chi connectivity index (χ4n) is 3.01. The van der Waals surface area contributed by atoms with E-state index in [-0.39, 0.29) is 12.3 Å². The lowest BCUT2D eigenvalue weighted by Crippen LogP contribution is -2.37. The molecule has 0 saturated carbocycles. The van der Waals surface area contributed by atoms with Crippen LogP contribution in [-0.2, 0) is 37.0 Å². The molecular formula is C17H18N6O3. The lowest BCUT2D eigenvalue weighted by Gasteiger charge is -2.24. The zero-order chi connectivity index (χ0) is 17.9. The fourth-order valence-corrected chi connectivity index (χ4v) is 3.01. The second-order valence-corrected chi connectivity index (χ2v) is 6.21. The maximum atomic E-state index is 12.4. The van der Waals surface area contributed by atoms with E-state index in [9.17, 15) is 9.59 Å². The quantitative estimate of drug-likeness (QED) is 0.684. The third-order valence-electron chi connectivity index (χ3n) is 4.34. The SMILES string of the molecule is O=C(Cc1n[nH]c(=O)[nH]1)N1CCc2oc(CCc3cccnc3)nc2C1. The minimum Gasteiger partial charge on any atom is -0.445 e. The van der Waals surface area contributed by atoms with E-state index in [0.29, 0.717) is 37.6 Å². The van der Waals surface area contributed by atoms with Gasteiger partial charge in [-0.2, -0.15) is 5.10 Å². The summed E-state index contributed by atoms with van der Waals surface area (Å²) in [6.45, 7) is 0.983. The third kappa shape index (κ3) is 3.56. The van der Waals surface area contributed by atoms with Crippen LogP contribution in [0.15, 0.2) is 33.7 Å². The maximum Gasteiger partial charge on any atom is 0.340 e. The third-order valence-corrected chi connectivity index (χ3v) is 4.34. The number of aryl methyl sites for hydroxylation is 2. The Labute approximate surface area is 148 Å². The lowest BCUT2D eigenvalue weighted by molar-refractivity contribution is -0.131. The summed E-state index contributed by atoms with van der Waals surface area (Å²) in [6, 6.07) is 3.93. The highest BCUT2D eigenvalue weighted by atomic mass is 16.4. The van der Waals surface area contributed by atoms with E-state index in [1.54, 1.807) is 11.1 Å². The number of hydrogen-bond acceptors (Lipinski definition) is 6. The molecule has 4 heterocycles. The molecule has 0 radical (unpaired) electrons. The Hall–Kier alpha value is -3.23. The number of nitrogens with one attached hydrogen (secondary N) is 2. The van der Waals surface area contributed by atoms with Gasteiger partial charge in [0.1, 0.15) is 17.3 Å². The Kier molecular flexibility index (Phi) is 4.34. The monoisotopic (exact) mass is 354 g/mol. The van der Waals surface area contributed by atoms with Crippen LogP contribution >= 0.6 is 0 Å². The van der Waals surface area contributed by atoms with E-state index in [0.717, 1.165) is 23.4 Å². The molecule has 0 bridgehead atoms. The van der Waals surface area contributed by atoms with Gasteiger partial charge in [0, 0.05) is 31.8 Å². The van der Waals surface area contributed by atoms with Crippen molar-refractivity contribution in [3.8, 4) is 0 Å². The van der Waals surface area contributed by atoms with Crippen LogP contribution in [0.1, 0.15) is 28.7 Å². The molecule has 3 aromatic rings. The van der Waals surface area contributed by atoms with Crippen LogP contribution in [0.2, 0.25) is 0 Å². The molecule has 1 aliphatic heterocycles. The lowest BCUT2D eigenvalue weighted by atomic mass is 10.1. The molecule has 0 spiro atoms. The molecule has 3 aromatic heterocycles. The molecule has 9 heteroatoms. The van der Waals surface area contributed by atoms with Gasteiger partial charge in [0.15, 0.2) is 5.89 Å². The molecule has 0 aliphatic carbocycles. The van der Waals surface area contributed by atoms with Crippen molar-refractivity contribution in [2.45, 2.75) is 32.2 Å². The topological polar surface area (TPSA) is 121 Å². The van der Waals surface area contributed by atoms with Gasteiger partial charge in [0.2, 0.25) is 5.91 Å². The van der Waals surface area contributed by atoms with Crippen LogP contribution in [0.4, 0.5) is 0 Å². The molecule has 134 valence electrons. The smallest absolute Gasteiger partial charge is 0.340 e. The van der Waals surface area contributed by atoms with Crippen molar-refractivity contribution in [1.29, 1.82) is 0 Å². The molecule has 1 amide bonds. The Morgan fingerprint density at radius 3 is 3.04 bits per heavy atom. The van der Waals surface area contributed by atoms with Crippen molar-refractivity contribution < 1.29 is 9.21 Å². The molecule has 0 unspecified atom stereocenters. The van der Waals surface area contributed by atoms with Gasteiger partial charge in [0.25, 0.3) is 0 Å². The summed E-state index contributed by atoms with van der Waals surface area (Å²) in [6.07, 6.45) is 5.78. The van der Waals surface area contributed by atoms with Crippen molar-refractivity contribution in [3.05, 3.63) is 63.7 Å². The fraction of sp³-hybridized carbons (Fsp3) is 0.353. The highest BCUT2D eigenvalue weighted by molar-refractivity contribution is 5.78. The van der Waals surface area contributed by atoms with Gasteiger partial charge >= 0.3 is 5.69 Å². The average molecular weight is 354 g/mol. The van der Waals surface area contributed by atoms with Crippen molar-refractivity contribution in [2.24, 2.45) is 0 Å². The minimum atomic E-state index is -0.413. The van der Waals surface area contributed by atoms with E-state index in [2.05, 4.69) is 25.1 Å². The Morgan fingerprint density at radius 1 is 1.35 bits per heavy atom. The second-order valence-electron chi connectivity index (χ2n) is 6.21. The summed E-state index contributed by atoms with van der Waals surface area (Å²) < 4.78 is 5.84. The summed E-state index contributed by atoms with van der Waals surface area (Å²) in [5.74, 6) is 1.77. The zero-order valence-corrected chi connectivity index (χ0v) is 14.1. The number of fused-ring (bicyclic) bond motifs is 1. The van der Waals surface area contributed by atoms with Crippen LogP contribution in [0.3, 0.4) is 0 Å². The molecule has 4 rings (SSSR count). The van der Waals surface area contributed by atoms with Gasteiger partial charge in [-0.1, -0.05) is 6.07 Å². The van der Waals surface area contributed by atoms with Gasteiger partial charge in [-0.25, -0.2) is 14.9 Å². The number of aromatic amines is 2. The molecule has 0 aromatic carbocycles. The first-order valence-corrected chi connectivity index (χ1v) is 8.45. The molecule has 0 saturated heterocycles. The van der Waals surface area contributed by atoms with Gasteiger partial charge < -0.3 is 9.32 Å². The summed E-state index contributed by atoms with van der Waals surface area (Å²) in [4.78, 5) is 36.3. The minimum absolute atomic E-state index is 0.0553. The van der Waals surface area contributed by atoms with E-state index in [1.807, 2.05) is 18.3 Å². The summed E-state index contributed by atoms with van der Waals surface area (Å²) in [5, 5.41) is 6.03. The standard InChI is InChI=1S/C17H18N6O3/c24-16(8-14-20-17(25)22-21-14)23-7-5-13-12(10-23)19-15(26-13)4-3-11-2-1-6-18-9-11/h1-2,6,9H,3-5,7-8,10H2,(H2,20,21,22,25). The molecule has 0 fully saturated rings. The zero-order valence-electron chi connectivity index (χ0n) is 14.1. The van der Waals surface area contributed by atoms with Crippen LogP contribution in [-0.4, -0.2) is 42.5 Å². The number of carbonyl (C=O) groups is 1. The number of pyridine rings is 1. The number of aromatic nitrogens is 5. The van der Waals surface area contributed by atoms with E-state index < -0.39 is 5.69 Å². The Bertz CT molecular complexity index is 958. The van der Waals surface area contributed by atoms with Crippen LogP contribution in [0, 0.1) is 0 Å². The van der Waals surface area contributed by atoms with E-state index in [4.69, 9.17) is 4.42 Å². The Balaban J connectivity index is 1.38. The van der Waals surface area contributed by atoms with Crippen molar-refractivity contribution in [2.75, 3.05) is 6.54 Å². The number of hydrogen-bond donors (Lipinski definition) is 2. The predicted molar refractivity (Wildman–Crippen MR) is 90.2 cm³/mol. The number of amides is 1. The molecular weight excluding hydrogens is 336 g/mol. The molecule has 0 atom stereocenters. The first-order chi connectivity index (χ1) is 12.7. The van der Waals surface area contributed by atoms with Crippen LogP contribution < -0.4 is 5.69 Å². The average Bonchev–Trinajstić information content (AvgIpc) is 3.25. The van der Waals surface area contributed by atoms with Gasteiger partial charge in [0.05, 0.1) is 13.0 Å². The van der Waals surface area contributed by atoms with Crippen molar-refractivity contribution >= 4 is 5.91 Å². The number of oxazole rings is 1. The molecule has 1 aliphatic rings. The number of nitrogens with zero attached hydrogens (tertiary/aromatic N) is 4. The number of H-pyrrole nitrogens is 2. The van der Waals surface area contributed by atoms with E-state index in [1.165, 1.54) is 0 Å².